The van der Waals surface area contributed by atoms with E-state index in [9.17, 15) is 9.18 Å². The molecule has 0 spiro atoms. The molecule has 2 heterocycles. The largest absolute Gasteiger partial charge is 0.383 e. The minimum atomic E-state index is -0.619. The normalized spacial score (nSPS) is 10.1. The number of nitrogens with zero attached hydrogens (tertiary/aromatic N) is 2. The van der Waals surface area contributed by atoms with Crippen molar-refractivity contribution >= 4 is 17.4 Å². The van der Waals surface area contributed by atoms with E-state index in [4.69, 9.17) is 5.73 Å². The van der Waals surface area contributed by atoms with Gasteiger partial charge in [0, 0.05) is 6.20 Å². The number of amides is 1. The first-order valence-electron chi connectivity index (χ1n) is 4.38. The van der Waals surface area contributed by atoms with Gasteiger partial charge in [-0.15, -0.1) is 0 Å². The molecular weight excluding hydrogens is 213 g/mol. The number of H-pyrrole nitrogens is 1. The number of rotatable bonds is 2. The van der Waals surface area contributed by atoms with E-state index in [1.807, 2.05) is 0 Å². The van der Waals surface area contributed by atoms with E-state index in [1.54, 1.807) is 0 Å². The Hall–Kier alpha value is -2.44. The maximum atomic E-state index is 12.9. The average molecular weight is 221 g/mol. The van der Waals surface area contributed by atoms with Crippen LogP contribution in [0.15, 0.2) is 24.7 Å². The van der Waals surface area contributed by atoms with Crippen LogP contribution in [0.3, 0.4) is 0 Å². The van der Waals surface area contributed by atoms with Gasteiger partial charge in [-0.2, -0.15) is 5.10 Å². The predicted octanol–water partition coefficient (Wildman–Crippen LogP) is 0.778. The number of carbonyl (C=O) groups is 1. The fraction of sp³-hybridized carbons (Fsp3) is 0. The molecule has 0 saturated heterocycles. The highest BCUT2D eigenvalue weighted by Crippen LogP contribution is 2.12. The van der Waals surface area contributed by atoms with E-state index in [2.05, 4.69) is 20.5 Å². The molecule has 0 fully saturated rings. The van der Waals surface area contributed by atoms with Gasteiger partial charge < -0.3 is 11.1 Å². The van der Waals surface area contributed by atoms with Crippen molar-refractivity contribution in [2.24, 2.45) is 0 Å². The minimum Gasteiger partial charge on any atom is -0.383 e. The molecule has 16 heavy (non-hydrogen) atoms. The first-order valence-corrected chi connectivity index (χ1v) is 4.38. The van der Waals surface area contributed by atoms with Gasteiger partial charge in [0.25, 0.3) is 5.91 Å². The minimum absolute atomic E-state index is 0.0128. The summed E-state index contributed by atoms with van der Waals surface area (Å²) in [6.45, 7) is 0. The van der Waals surface area contributed by atoms with E-state index >= 15 is 0 Å². The van der Waals surface area contributed by atoms with Crippen LogP contribution in [0, 0.1) is 5.82 Å². The van der Waals surface area contributed by atoms with Crippen molar-refractivity contribution < 1.29 is 9.18 Å². The Morgan fingerprint density at radius 3 is 3.00 bits per heavy atom. The topological polar surface area (TPSA) is 96.7 Å². The zero-order valence-corrected chi connectivity index (χ0v) is 8.07. The summed E-state index contributed by atoms with van der Waals surface area (Å²) in [7, 11) is 0. The Labute approximate surface area is 89.7 Å². The lowest BCUT2D eigenvalue weighted by molar-refractivity contribution is 0.102. The van der Waals surface area contributed by atoms with Gasteiger partial charge in [-0.3, -0.25) is 9.89 Å². The summed E-state index contributed by atoms with van der Waals surface area (Å²) in [6, 6.07) is 1.03. The van der Waals surface area contributed by atoms with Crippen LogP contribution in [0.1, 0.15) is 10.4 Å². The van der Waals surface area contributed by atoms with Crippen LogP contribution < -0.4 is 11.1 Å². The Morgan fingerprint density at radius 1 is 1.50 bits per heavy atom. The Morgan fingerprint density at radius 2 is 2.31 bits per heavy atom. The standard InChI is InChI=1S/C9H8FN5O/c10-5-1-7(8(11)12-2-5)9(16)15-6-3-13-14-4-6/h1-4H,(H2,11,12)(H,13,14)(H,15,16). The predicted molar refractivity (Wildman–Crippen MR) is 55.1 cm³/mol. The molecule has 2 aromatic heterocycles. The molecule has 0 saturated carbocycles. The summed E-state index contributed by atoms with van der Waals surface area (Å²) in [5.74, 6) is -1.18. The number of nitrogens with one attached hydrogen (secondary N) is 2. The van der Waals surface area contributed by atoms with Gasteiger partial charge in [0.15, 0.2) is 0 Å². The number of nitrogen functional groups attached to an aromatic ring is 1. The molecule has 7 heteroatoms. The number of aromatic amines is 1. The molecule has 0 aliphatic heterocycles. The van der Waals surface area contributed by atoms with Crippen LogP contribution in [0.5, 0.6) is 0 Å². The van der Waals surface area contributed by atoms with Gasteiger partial charge >= 0.3 is 0 Å². The maximum absolute atomic E-state index is 12.9. The zero-order chi connectivity index (χ0) is 11.5. The quantitative estimate of drug-likeness (QED) is 0.698. The third kappa shape index (κ3) is 1.97. The molecule has 0 bridgehead atoms. The fourth-order valence-electron chi connectivity index (χ4n) is 1.15. The Kier molecular flexibility index (Phi) is 2.50. The van der Waals surface area contributed by atoms with Crippen molar-refractivity contribution in [1.82, 2.24) is 15.2 Å². The Balaban J connectivity index is 2.24. The summed E-state index contributed by atoms with van der Waals surface area (Å²) < 4.78 is 12.9. The van der Waals surface area contributed by atoms with Gasteiger partial charge in [0.05, 0.1) is 23.6 Å². The summed E-state index contributed by atoms with van der Waals surface area (Å²) in [5, 5.41) is 8.66. The van der Waals surface area contributed by atoms with Crippen LogP contribution in [0.4, 0.5) is 15.9 Å². The number of carbonyl (C=O) groups excluding carboxylic acids is 1. The molecule has 0 unspecified atom stereocenters. The fourth-order valence-corrected chi connectivity index (χ4v) is 1.15. The lowest BCUT2D eigenvalue weighted by atomic mass is 10.2. The Bertz CT molecular complexity index is 511. The van der Waals surface area contributed by atoms with E-state index in [1.165, 1.54) is 12.4 Å². The zero-order valence-electron chi connectivity index (χ0n) is 8.07. The van der Waals surface area contributed by atoms with Crippen LogP contribution in [0.2, 0.25) is 0 Å². The SMILES string of the molecule is Nc1ncc(F)cc1C(=O)Nc1cn[nH]c1. The number of halogens is 1. The highest BCUT2D eigenvalue weighted by molar-refractivity contribution is 6.07. The summed E-state index contributed by atoms with van der Waals surface area (Å²) in [5.41, 5.74) is 5.91. The third-order valence-corrected chi connectivity index (χ3v) is 1.89. The average Bonchev–Trinajstić information content (AvgIpc) is 2.74. The molecule has 0 aliphatic rings. The van der Waals surface area contributed by atoms with Gasteiger partial charge in [-0.05, 0) is 6.07 Å². The molecule has 2 aromatic rings. The van der Waals surface area contributed by atoms with E-state index < -0.39 is 11.7 Å². The second-order valence-corrected chi connectivity index (χ2v) is 3.03. The lowest BCUT2D eigenvalue weighted by Crippen LogP contribution is -2.14. The second kappa shape index (κ2) is 3.97. The van der Waals surface area contributed by atoms with Crippen molar-refractivity contribution in [2.75, 3.05) is 11.1 Å². The number of hydrogen-bond acceptors (Lipinski definition) is 4. The molecular formula is C9H8FN5O. The van der Waals surface area contributed by atoms with Gasteiger partial charge in [-0.1, -0.05) is 0 Å². The van der Waals surface area contributed by atoms with E-state index in [0.717, 1.165) is 12.3 Å². The number of aromatic nitrogens is 3. The molecule has 4 N–H and O–H groups in total. The first kappa shape index (κ1) is 10.1. The van der Waals surface area contributed by atoms with Crippen molar-refractivity contribution in [3.8, 4) is 0 Å². The second-order valence-electron chi connectivity index (χ2n) is 3.03. The van der Waals surface area contributed by atoms with Crippen molar-refractivity contribution in [3.63, 3.8) is 0 Å². The van der Waals surface area contributed by atoms with E-state index in [-0.39, 0.29) is 11.4 Å². The van der Waals surface area contributed by atoms with Gasteiger partial charge in [0.2, 0.25) is 0 Å². The molecule has 2 rings (SSSR count). The number of nitrogens with two attached hydrogens (primary N) is 1. The van der Waals surface area contributed by atoms with Gasteiger partial charge in [-0.25, -0.2) is 9.37 Å². The molecule has 1 amide bonds. The molecule has 0 atom stereocenters. The number of hydrogen-bond donors (Lipinski definition) is 3. The monoisotopic (exact) mass is 221 g/mol. The van der Waals surface area contributed by atoms with Gasteiger partial charge in [0.1, 0.15) is 11.6 Å². The summed E-state index contributed by atoms with van der Waals surface area (Å²) >= 11 is 0. The smallest absolute Gasteiger partial charge is 0.259 e. The highest BCUT2D eigenvalue weighted by Gasteiger charge is 2.12. The van der Waals surface area contributed by atoms with Crippen LogP contribution in [-0.4, -0.2) is 21.1 Å². The van der Waals surface area contributed by atoms with Crippen LogP contribution in [0.25, 0.3) is 0 Å². The van der Waals surface area contributed by atoms with Crippen LogP contribution >= 0.6 is 0 Å². The van der Waals surface area contributed by atoms with Crippen molar-refractivity contribution in [1.29, 1.82) is 0 Å². The molecule has 0 aromatic carbocycles. The summed E-state index contributed by atoms with van der Waals surface area (Å²) in [4.78, 5) is 15.2. The van der Waals surface area contributed by atoms with Crippen molar-refractivity contribution in [2.45, 2.75) is 0 Å². The van der Waals surface area contributed by atoms with Crippen LogP contribution in [-0.2, 0) is 0 Å². The highest BCUT2D eigenvalue weighted by atomic mass is 19.1. The summed E-state index contributed by atoms with van der Waals surface area (Å²) in [6.07, 6.45) is 3.85. The molecule has 6 nitrogen and oxygen atoms in total. The number of anilines is 2. The lowest BCUT2D eigenvalue weighted by Gasteiger charge is -2.04. The molecule has 0 radical (unpaired) electrons. The molecule has 0 aliphatic carbocycles. The van der Waals surface area contributed by atoms with E-state index in [0.29, 0.717) is 5.69 Å². The first-order chi connectivity index (χ1) is 7.66. The number of pyridine rings is 1. The molecule has 82 valence electrons. The third-order valence-electron chi connectivity index (χ3n) is 1.89. The maximum Gasteiger partial charge on any atom is 0.259 e. The van der Waals surface area contributed by atoms with Crippen molar-refractivity contribution in [3.05, 3.63) is 36.0 Å².